The molecule has 0 bridgehead atoms. The van der Waals surface area contributed by atoms with Gasteiger partial charge >= 0.3 is 0 Å². The number of pyridine rings is 1. The van der Waals surface area contributed by atoms with Gasteiger partial charge in [-0.2, -0.15) is 5.10 Å². The van der Waals surface area contributed by atoms with Crippen LogP contribution < -0.4 is 10.2 Å². The van der Waals surface area contributed by atoms with Crippen LogP contribution in [0.25, 0.3) is 0 Å². The van der Waals surface area contributed by atoms with E-state index in [0.29, 0.717) is 11.4 Å². The van der Waals surface area contributed by atoms with Crippen molar-refractivity contribution in [3.05, 3.63) is 77.2 Å². The van der Waals surface area contributed by atoms with Gasteiger partial charge in [-0.05, 0) is 47.6 Å². The highest BCUT2D eigenvalue weighted by molar-refractivity contribution is 6.02. The van der Waals surface area contributed by atoms with Crippen molar-refractivity contribution in [1.29, 1.82) is 0 Å². The molecule has 9 heteroatoms. The summed E-state index contributed by atoms with van der Waals surface area (Å²) in [4.78, 5) is 31.5. The van der Waals surface area contributed by atoms with Gasteiger partial charge in [-0.1, -0.05) is 18.2 Å². The van der Waals surface area contributed by atoms with Gasteiger partial charge in [0.25, 0.3) is 11.8 Å². The number of hydrogen-bond donors (Lipinski definition) is 1. The first-order valence-electron chi connectivity index (χ1n) is 9.93. The number of halogens is 2. The minimum absolute atomic E-state index is 0.0614. The summed E-state index contributed by atoms with van der Waals surface area (Å²) in [5.41, 5.74) is 1.31. The normalized spacial score (nSPS) is 21.8. The minimum Gasteiger partial charge on any atom is -0.338 e. The van der Waals surface area contributed by atoms with Crippen LogP contribution in [0.5, 0.6) is 0 Å². The molecule has 1 aliphatic carbocycles. The maximum Gasteiger partial charge on any atom is 0.275 e. The average molecular weight is 423 g/mol. The third-order valence-electron chi connectivity index (χ3n) is 5.88. The Kier molecular flexibility index (Phi) is 4.53. The Bertz CT molecular complexity index is 1180. The molecule has 1 fully saturated rings. The van der Waals surface area contributed by atoms with Crippen LogP contribution in [0.15, 0.2) is 48.8 Å². The Morgan fingerprint density at radius 3 is 2.77 bits per heavy atom. The maximum atomic E-state index is 14.4. The first kappa shape index (κ1) is 19.3. The van der Waals surface area contributed by atoms with Crippen molar-refractivity contribution in [1.82, 2.24) is 20.1 Å². The molecular formula is C22H19F2N5O2. The van der Waals surface area contributed by atoms with E-state index in [9.17, 15) is 18.4 Å². The highest BCUT2D eigenvalue weighted by Gasteiger charge is 2.52. The lowest BCUT2D eigenvalue weighted by atomic mass is 10.1. The molecule has 7 nitrogen and oxygen atoms in total. The number of carbonyl (C=O) groups is 2. The number of anilines is 1. The smallest absolute Gasteiger partial charge is 0.275 e. The van der Waals surface area contributed by atoms with E-state index in [1.54, 1.807) is 25.4 Å². The molecule has 31 heavy (non-hydrogen) atoms. The monoisotopic (exact) mass is 423 g/mol. The van der Waals surface area contributed by atoms with Crippen molar-refractivity contribution in [2.75, 3.05) is 11.9 Å². The molecule has 3 heterocycles. The predicted molar refractivity (Wildman–Crippen MR) is 107 cm³/mol. The third-order valence-corrected chi connectivity index (χ3v) is 5.88. The van der Waals surface area contributed by atoms with Gasteiger partial charge in [-0.15, -0.1) is 0 Å². The first-order chi connectivity index (χ1) is 14.9. The van der Waals surface area contributed by atoms with Crippen molar-refractivity contribution in [2.45, 2.75) is 24.9 Å². The zero-order chi connectivity index (χ0) is 21.7. The highest BCUT2D eigenvalue weighted by Crippen LogP contribution is 2.53. The van der Waals surface area contributed by atoms with Crippen molar-refractivity contribution < 1.29 is 18.4 Å². The van der Waals surface area contributed by atoms with Gasteiger partial charge in [0.05, 0.1) is 12.7 Å². The van der Waals surface area contributed by atoms with E-state index < -0.39 is 17.8 Å². The summed E-state index contributed by atoms with van der Waals surface area (Å²) in [5.74, 6) is -1.53. The predicted octanol–water partition coefficient (Wildman–Crippen LogP) is 2.48. The zero-order valence-corrected chi connectivity index (χ0v) is 16.6. The fourth-order valence-electron chi connectivity index (χ4n) is 4.20. The van der Waals surface area contributed by atoms with E-state index in [4.69, 9.17) is 0 Å². The molecule has 2 aliphatic rings. The number of nitrogens with one attached hydrogen (secondary N) is 1. The van der Waals surface area contributed by atoms with Crippen molar-refractivity contribution in [2.24, 2.45) is 5.92 Å². The minimum atomic E-state index is -0.786. The molecule has 2 aromatic heterocycles. The molecule has 3 atom stereocenters. The van der Waals surface area contributed by atoms with Crippen LogP contribution in [0.3, 0.4) is 0 Å². The number of amides is 2. The number of carbonyl (C=O) groups excluding carboxylic acids is 2. The van der Waals surface area contributed by atoms with E-state index in [1.807, 2.05) is 12.1 Å². The number of rotatable bonds is 4. The van der Waals surface area contributed by atoms with Gasteiger partial charge in [0.15, 0.2) is 11.5 Å². The Morgan fingerprint density at radius 2 is 2.00 bits per heavy atom. The standard InChI is InChI=1S/C22H19F2N5O2/c1-28-20-14(3-2-8-25-20)15-9-16(15)18(22(28)31)26-21(30)19-17(24)11-29(27-19)10-12-4-6-13(23)7-5-12/h2-8,11,15-16,18H,9-10H2,1H3,(H,26,30)/t15-,16-,18+/m0/s1. The lowest BCUT2D eigenvalue weighted by Crippen LogP contribution is -2.48. The van der Waals surface area contributed by atoms with Gasteiger partial charge in [-0.25, -0.2) is 13.8 Å². The van der Waals surface area contributed by atoms with E-state index in [1.165, 1.54) is 21.7 Å². The highest BCUT2D eigenvalue weighted by atomic mass is 19.1. The molecule has 1 aliphatic heterocycles. The second kappa shape index (κ2) is 7.26. The summed E-state index contributed by atoms with van der Waals surface area (Å²) < 4.78 is 28.8. The Morgan fingerprint density at radius 1 is 1.23 bits per heavy atom. The molecule has 0 unspecified atom stereocenters. The number of nitrogens with zero attached hydrogens (tertiary/aromatic N) is 4. The molecule has 158 valence electrons. The van der Waals surface area contributed by atoms with Crippen LogP contribution in [0.4, 0.5) is 14.6 Å². The van der Waals surface area contributed by atoms with E-state index in [2.05, 4.69) is 15.4 Å². The average Bonchev–Trinajstić information content (AvgIpc) is 3.48. The molecule has 0 saturated heterocycles. The van der Waals surface area contributed by atoms with E-state index in [-0.39, 0.29) is 35.8 Å². The number of aromatic nitrogens is 3. The number of fused-ring (bicyclic) bond motifs is 3. The topological polar surface area (TPSA) is 80.1 Å². The number of likely N-dealkylation sites (N-methyl/N-ethyl adjacent to an activating group) is 1. The summed E-state index contributed by atoms with van der Waals surface area (Å²) in [7, 11) is 1.62. The molecule has 3 aromatic rings. The molecule has 0 radical (unpaired) electrons. The molecule has 2 amide bonds. The molecule has 1 N–H and O–H groups in total. The van der Waals surface area contributed by atoms with Gasteiger partial charge in [0.2, 0.25) is 0 Å². The third kappa shape index (κ3) is 3.45. The summed E-state index contributed by atoms with van der Waals surface area (Å²) >= 11 is 0. The number of benzene rings is 1. The lowest BCUT2D eigenvalue weighted by Gasteiger charge is -2.22. The molecule has 5 rings (SSSR count). The van der Waals surface area contributed by atoms with Crippen molar-refractivity contribution in [3.63, 3.8) is 0 Å². The van der Waals surface area contributed by atoms with Crippen LogP contribution >= 0.6 is 0 Å². The van der Waals surface area contributed by atoms with Crippen LogP contribution in [-0.2, 0) is 11.3 Å². The largest absolute Gasteiger partial charge is 0.338 e. The summed E-state index contributed by atoms with van der Waals surface area (Å²) in [6.07, 6.45) is 3.49. The summed E-state index contributed by atoms with van der Waals surface area (Å²) in [5, 5.41) is 6.72. The molecular weight excluding hydrogens is 404 g/mol. The van der Waals surface area contributed by atoms with Gasteiger partial charge in [0.1, 0.15) is 17.7 Å². The van der Waals surface area contributed by atoms with E-state index in [0.717, 1.165) is 18.2 Å². The quantitative estimate of drug-likeness (QED) is 0.699. The Balaban J connectivity index is 1.34. The summed E-state index contributed by atoms with van der Waals surface area (Å²) in [6.45, 7) is 0.182. The maximum absolute atomic E-state index is 14.4. The van der Waals surface area contributed by atoms with E-state index >= 15 is 0 Å². The van der Waals surface area contributed by atoms with Crippen LogP contribution in [0, 0.1) is 17.6 Å². The number of hydrogen-bond acceptors (Lipinski definition) is 4. The zero-order valence-electron chi connectivity index (χ0n) is 16.6. The molecule has 0 spiro atoms. The van der Waals surface area contributed by atoms with Gasteiger partial charge in [-0.3, -0.25) is 19.2 Å². The molecule has 1 aromatic carbocycles. The van der Waals surface area contributed by atoms with Crippen LogP contribution in [0.1, 0.15) is 34.0 Å². The van der Waals surface area contributed by atoms with Gasteiger partial charge < -0.3 is 5.32 Å². The van der Waals surface area contributed by atoms with Crippen LogP contribution in [0.2, 0.25) is 0 Å². The van der Waals surface area contributed by atoms with Crippen molar-refractivity contribution >= 4 is 17.6 Å². The SMILES string of the molecule is CN1C(=O)[C@H](NC(=O)c2nn(Cc3ccc(F)cc3)cc2F)[C@H]2C[C@H]2c2cccnc21. The van der Waals surface area contributed by atoms with Crippen LogP contribution in [-0.4, -0.2) is 39.7 Å². The fourth-order valence-corrected chi connectivity index (χ4v) is 4.20. The lowest BCUT2D eigenvalue weighted by molar-refractivity contribution is -0.120. The van der Waals surface area contributed by atoms with Crippen molar-refractivity contribution in [3.8, 4) is 0 Å². The second-order valence-corrected chi connectivity index (χ2v) is 7.92. The second-order valence-electron chi connectivity index (χ2n) is 7.92. The Labute approximate surface area is 176 Å². The molecule has 1 saturated carbocycles. The van der Waals surface area contributed by atoms with Gasteiger partial charge in [0, 0.05) is 13.2 Å². The fraction of sp³-hybridized carbons (Fsp3) is 0.273. The Hall–Kier alpha value is -3.62. The summed E-state index contributed by atoms with van der Waals surface area (Å²) in [6, 6.07) is 8.72. The first-order valence-corrected chi connectivity index (χ1v) is 9.93.